The molecule has 0 bridgehead atoms. The fourth-order valence-electron chi connectivity index (χ4n) is 1.99. The highest BCUT2D eigenvalue weighted by atomic mass is 32.2. The van der Waals surface area contributed by atoms with Gasteiger partial charge in [-0.05, 0) is 36.8 Å². The molecule has 0 aliphatic heterocycles. The van der Waals surface area contributed by atoms with Crippen molar-refractivity contribution in [1.82, 2.24) is 4.72 Å². The van der Waals surface area contributed by atoms with Gasteiger partial charge in [-0.1, -0.05) is 6.92 Å². The lowest BCUT2D eigenvalue weighted by atomic mass is 10.2. The molecule has 1 N–H and O–H groups in total. The van der Waals surface area contributed by atoms with Crippen LogP contribution < -0.4 is 4.72 Å². The van der Waals surface area contributed by atoms with Gasteiger partial charge in [0, 0.05) is 12.6 Å². The zero-order valence-corrected chi connectivity index (χ0v) is 11.9. The van der Waals surface area contributed by atoms with E-state index >= 15 is 0 Å². The minimum Gasteiger partial charge on any atom is -0.258 e. The van der Waals surface area contributed by atoms with E-state index in [1.54, 1.807) is 0 Å². The molecule has 0 saturated heterocycles. The number of nitro groups is 1. The lowest BCUT2D eigenvalue weighted by Crippen LogP contribution is -2.26. The maximum Gasteiger partial charge on any atom is 0.306 e. The molecule has 1 aromatic rings. The van der Waals surface area contributed by atoms with E-state index < -0.39 is 26.5 Å². The minimum atomic E-state index is -3.86. The van der Waals surface area contributed by atoms with Crippen LogP contribution in [0.3, 0.4) is 0 Å². The lowest BCUT2D eigenvalue weighted by Gasteiger charge is -2.08. The molecule has 2 unspecified atom stereocenters. The van der Waals surface area contributed by atoms with Crippen molar-refractivity contribution >= 4 is 15.7 Å². The molecule has 0 radical (unpaired) electrons. The molecule has 1 fully saturated rings. The van der Waals surface area contributed by atoms with Crippen molar-refractivity contribution in [3.05, 3.63) is 33.6 Å². The van der Waals surface area contributed by atoms with Gasteiger partial charge in [-0.2, -0.15) is 4.39 Å². The average molecular weight is 302 g/mol. The van der Waals surface area contributed by atoms with E-state index in [1.807, 2.05) is 6.92 Å². The van der Waals surface area contributed by atoms with Crippen LogP contribution in [-0.2, 0) is 10.0 Å². The first-order chi connectivity index (χ1) is 9.22. The van der Waals surface area contributed by atoms with Crippen molar-refractivity contribution in [3.8, 4) is 0 Å². The molecule has 0 spiro atoms. The molecule has 6 nitrogen and oxygen atoms in total. The zero-order valence-electron chi connectivity index (χ0n) is 11.1. The van der Waals surface area contributed by atoms with Crippen LogP contribution in [0.2, 0.25) is 0 Å². The smallest absolute Gasteiger partial charge is 0.258 e. The number of halogens is 1. The lowest BCUT2D eigenvalue weighted by molar-refractivity contribution is -0.387. The van der Waals surface area contributed by atoms with Gasteiger partial charge in [0.05, 0.1) is 9.82 Å². The van der Waals surface area contributed by atoms with Crippen LogP contribution in [0.4, 0.5) is 10.1 Å². The van der Waals surface area contributed by atoms with Crippen molar-refractivity contribution < 1.29 is 17.7 Å². The van der Waals surface area contributed by atoms with E-state index in [2.05, 4.69) is 4.72 Å². The quantitative estimate of drug-likeness (QED) is 0.665. The summed E-state index contributed by atoms with van der Waals surface area (Å²) in [7, 11) is -3.86. The second-order valence-corrected chi connectivity index (χ2v) is 6.92. The summed E-state index contributed by atoms with van der Waals surface area (Å²) >= 11 is 0. The SMILES string of the molecule is Cc1cc(S(=O)(=O)NCC2CC2C)cc([N+](=O)[O-])c1F. The van der Waals surface area contributed by atoms with E-state index in [1.165, 1.54) is 6.92 Å². The zero-order chi connectivity index (χ0) is 15.1. The summed E-state index contributed by atoms with van der Waals surface area (Å²) in [5, 5.41) is 10.7. The fourth-order valence-corrected chi connectivity index (χ4v) is 3.19. The van der Waals surface area contributed by atoms with Gasteiger partial charge < -0.3 is 0 Å². The molecule has 1 aliphatic carbocycles. The Morgan fingerprint density at radius 3 is 2.60 bits per heavy atom. The Morgan fingerprint density at radius 2 is 2.10 bits per heavy atom. The molecule has 20 heavy (non-hydrogen) atoms. The standard InChI is InChI=1S/C12H15FN2O4S/c1-7-3-9(7)6-14-20(18,19)10-4-8(2)12(13)11(5-10)15(16)17/h4-5,7,9,14H,3,6H2,1-2H3. The van der Waals surface area contributed by atoms with Gasteiger partial charge in [-0.15, -0.1) is 0 Å². The number of hydrogen-bond acceptors (Lipinski definition) is 4. The number of rotatable bonds is 5. The average Bonchev–Trinajstić information content (AvgIpc) is 3.06. The molecule has 1 aromatic carbocycles. The second-order valence-electron chi connectivity index (χ2n) is 5.16. The number of sulfonamides is 1. The van der Waals surface area contributed by atoms with Gasteiger partial charge >= 0.3 is 5.69 Å². The molecule has 1 saturated carbocycles. The minimum absolute atomic E-state index is 0.0700. The molecular weight excluding hydrogens is 287 g/mol. The Balaban J connectivity index is 2.29. The second kappa shape index (κ2) is 5.10. The van der Waals surface area contributed by atoms with Crippen molar-refractivity contribution in [3.63, 3.8) is 0 Å². The van der Waals surface area contributed by atoms with Crippen LogP contribution in [0.25, 0.3) is 0 Å². The maximum absolute atomic E-state index is 13.5. The van der Waals surface area contributed by atoms with Crippen molar-refractivity contribution in [2.45, 2.75) is 25.2 Å². The summed E-state index contributed by atoms with van der Waals surface area (Å²) in [5.74, 6) is -0.215. The first-order valence-electron chi connectivity index (χ1n) is 6.16. The number of benzene rings is 1. The third-order valence-electron chi connectivity index (χ3n) is 3.53. The highest BCUT2D eigenvalue weighted by molar-refractivity contribution is 7.89. The highest BCUT2D eigenvalue weighted by Gasteiger charge is 2.33. The first-order valence-corrected chi connectivity index (χ1v) is 7.65. The van der Waals surface area contributed by atoms with Gasteiger partial charge in [0.1, 0.15) is 0 Å². The fraction of sp³-hybridized carbons (Fsp3) is 0.500. The monoisotopic (exact) mass is 302 g/mol. The molecule has 2 rings (SSSR count). The molecule has 110 valence electrons. The van der Waals surface area contributed by atoms with E-state index in [0.29, 0.717) is 18.4 Å². The Morgan fingerprint density at radius 1 is 1.50 bits per heavy atom. The van der Waals surface area contributed by atoms with Crippen LogP contribution >= 0.6 is 0 Å². The third-order valence-corrected chi connectivity index (χ3v) is 4.93. The molecule has 0 heterocycles. The topological polar surface area (TPSA) is 89.3 Å². The summed E-state index contributed by atoms with van der Waals surface area (Å²) < 4.78 is 40.1. The van der Waals surface area contributed by atoms with Crippen LogP contribution in [0.1, 0.15) is 18.9 Å². The van der Waals surface area contributed by atoms with Crippen molar-refractivity contribution in [1.29, 1.82) is 0 Å². The van der Waals surface area contributed by atoms with Crippen molar-refractivity contribution in [2.24, 2.45) is 11.8 Å². The summed E-state index contributed by atoms with van der Waals surface area (Å²) in [6.07, 6.45) is 0.963. The van der Waals surface area contributed by atoms with Gasteiger partial charge in [0.25, 0.3) is 0 Å². The van der Waals surface area contributed by atoms with E-state index in [9.17, 15) is 22.9 Å². The molecular formula is C12H15FN2O4S. The van der Waals surface area contributed by atoms with Gasteiger partial charge in [-0.25, -0.2) is 13.1 Å². The van der Waals surface area contributed by atoms with Gasteiger partial charge in [-0.3, -0.25) is 10.1 Å². The first kappa shape index (κ1) is 14.9. The van der Waals surface area contributed by atoms with E-state index in [-0.39, 0.29) is 10.5 Å². The van der Waals surface area contributed by atoms with Crippen LogP contribution in [0.15, 0.2) is 17.0 Å². The molecule has 0 aromatic heterocycles. The normalized spacial score (nSPS) is 21.8. The number of nitro benzene ring substituents is 1. The summed E-state index contributed by atoms with van der Waals surface area (Å²) in [5.41, 5.74) is -0.899. The number of nitrogens with zero attached hydrogens (tertiary/aromatic N) is 1. The highest BCUT2D eigenvalue weighted by Crippen LogP contribution is 2.37. The van der Waals surface area contributed by atoms with Crippen LogP contribution in [0, 0.1) is 34.7 Å². The molecule has 1 aliphatic rings. The van der Waals surface area contributed by atoms with E-state index in [4.69, 9.17) is 0 Å². The van der Waals surface area contributed by atoms with Gasteiger partial charge in [0.2, 0.25) is 15.8 Å². The summed E-state index contributed by atoms with van der Waals surface area (Å²) in [4.78, 5) is 9.52. The van der Waals surface area contributed by atoms with Gasteiger partial charge in [0.15, 0.2) is 0 Å². The van der Waals surface area contributed by atoms with Crippen LogP contribution in [0.5, 0.6) is 0 Å². The molecule has 8 heteroatoms. The number of aryl methyl sites for hydroxylation is 1. The van der Waals surface area contributed by atoms with E-state index in [0.717, 1.165) is 18.6 Å². The molecule has 2 atom stereocenters. The number of nitrogens with one attached hydrogen (secondary N) is 1. The van der Waals surface area contributed by atoms with Crippen LogP contribution in [-0.4, -0.2) is 19.9 Å². The maximum atomic E-state index is 13.5. The number of hydrogen-bond donors (Lipinski definition) is 1. The summed E-state index contributed by atoms with van der Waals surface area (Å²) in [6.45, 7) is 3.61. The Kier molecular flexibility index (Phi) is 3.79. The van der Waals surface area contributed by atoms with Crippen molar-refractivity contribution in [2.75, 3.05) is 6.54 Å². The third kappa shape index (κ3) is 2.96. The summed E-state index contributed by atoms with van der Waals surface area (Å²) in [6, 6.07) is 1.85. The predicted octanol–water partition coefficient (Wildman–Crippen LogP) is 1.98. The Labute approximate surface area is 116 Å². The Hall–Kier alpha value is -1.54. The largest absolute Gasteiger partial charge is 0.306 e. The molecule has 0 amide bonds. The predicted molar refractivity (Wildman–Crippen MR) is 70.3 cm³/mol. The Bertz CT molecular complexity index is 660.